The molecule has 0 amide bonds. The fourth-order valence-corrected chi connectivity index (χ4v) is 13.8. The highest BCUT2D eigenvalue weighted by molar-refractivity contribution is 6.31. The first-order chi connectivity index (χ1) is 39.0. The molecule has 8 aliphatic rings. The summed E-state index contributed by atoms with van der Waals surface area (Å²) < 4.78 is 78.9. The number of ether oxygens (including phenoxy) is 13. The van der Waals surface area contributed by atoms with Crippen molar-refractivity contribution in [1.29, 1.82) is 0 Å². The number of aromatic hydroxyl groups is 2. The Balaban J connectivity index is 0.931. The van der Waals surface area contributed by atoms with E-state index in [1.165, 1.54) is 40.2 Å². The number of phenols is 2. The van der Waals surface area contributed by atoms with Crippen LogP contribution in [0.15, 0.2) is 12.1 Å². The lowest BCUT2D eigenvalue weighted by molar-refractivity contribution is -0.599. The Bertz CT molecular complexity index is 2840. The van der Waals surface area contributed by atoms with Gasteiger partial charge in [0.05, 0.1) is 90.7 Å². The molecule has 27 heteroatoms. The van der Waals surface area contributed by atoms with Crippen molar-refractivity contribution in [2.75, 3.05) is 35.4 Å². The molecule has 2 aliphatic carbocycles. The number of hydrogen-bond donors (Lipinski definition) is 7. The molecule has 24 atom stereocenters. The molecular weight excluding hydrogens is 1100 g/mol. The summed E-state index contributed by atoms with van der Waals surface area (Å²) in [5.74, 6) is -6.25. The summed E-state index contributed by atoms with van der Waals surface area (Å²) in [6.07, 6.45) is -21.2. The summed E-state index contributed by atoms with van der Waals surface area (Å²) in [6.45, 7) is 10.8. The molecule has 10 rings (SSSR count). The van der Waals surface area contributed by atoms with Crippen LogP contribution in [0.1, 0.15) is 141 Å². The first kappa shape index (κ1) is 61.5. The summed E-state index contributed by atoms with van der Waals surface area (Å²) in [5, 5.41) is 94.3. The molecule has 83 heavy (non-hydrogen) atoms. The predicted octanol–water partition coefficient (Wildman–Crippen LogP) is 1.44. The zero-order valence-corrected chi connectivity index (χ0v) is 48.2. The Labute approximate surface area is 477 Å². The summed E-state index contributed by atoms with van der Waals surface area (Å²) in [7, 11) is 7.27. The van der Waals surface area contributed by atoms with E-state index in [0.29, 0.717) is 0 Å². The molecule has 0 unspecified atom stereocenters. The maximum absolute atomic E-state index is 15.3. The third-order valence-corrected chi connectivity index (χ3v) is 18.2. The van der Waals surface area contributed by atoms with Crippen LogP contribution in [-0.2, 0) is 67.2 Å². The second-order valence-corrected chi connectivity index (χ2v) is 24.0. The maximum atomic E-state index is 15.3. The zero-order chi connectivity index (χ0) is 60.4. The predicted molar refractivity (Wildman–Crippen MR) is 279 cm³/mol. The molecule has 27 nitrogen and oxygen atoms in total. The van der Waals surface area contributed by atoms with E-state index in [9.17, 15) is 50.7 Å². The second-order valence-electron chi connectivity index (χ2n) is 24.0. The molecule has 6 aliphatic heterocycles. The van der Waals surface area contributed by atoms with Crippen LogP contribution in [0.2, 0.25) is 0 Å². The first-order valence-corrected chi connectivity index (χ1v) is 27.9. The van der Waals surface area contributed by atoms with E-state index >= 15 is 9.59 Å². The number of nitrogens with zero attached hydrogens (tertiary/aromatic N) is 2. The summed E-state index contributed by atoms with van der Waals surface area (Å²) in [4.78, 5) is 58.0. The number of fused-ring (bicyclic) bond motifs is 8. The SMILES string of the molecule is COC(=O)[C@@H]1c2cc3c(c(O)c2[C@@H](O[C@H]2C[C@H](OC)[C@H](O)[C@H](C)O2)C[C@]1(C)O)C(=O)c1c(O)cc2c(c1C3=O)O[C@@H]1O[C@@]2(C)[C@@H](O[C@H]2C[C@H](O)[C@H](O[C@@H]3C[C@@](C)([N+](=O)[O-])[C@@H](O[C@H]4C[C@H](OC)[C@H](O)[C@H](C)O4)[C@H](C)O3)[C@H](C)O2)[C@@H](N(C)C)[C@@H]1O. The average molecular weight is 1180 g/mol. The molecule has 0 radical (unpaired) electrons. The Morgan fingerprint density at radius 1 is 0.723 bits per heavy atom. The van der Waals surface area contributed by atoms with Crippen molar-refractivity contribution in [3.63, 3.8) is 0 Å². The number of rotatable bonds is 13. The normalized spacial score (nSPS) is 43.1. The van der Waals surface area contributed by atoms with Crippen molar-refractivity contribution in [1.82, 2.24) is 4.90 Å². The van der Waals surface area contributed by atoms with Crippen molar-refractivity contribution in [2.24, 2.45) is 0 Å². The van der Waals surface area contributed by atoms with Crippen LogP contribution in [0.4, 0.5) is 0 Å². The number of carbonyl (C=O) groups is 3. The topological polar surface area (TPSA) is 359 Å². The third-order valence-electron chi connectivity index (χ3n) is 18.2. The molecule has 2 aromatic carbocycles. The zero-order valence-electron chi connectivity index (χ0n) is 48.2. The quantitative estimate of drug-likeness (QED) is 0.0723. The molecule has 7 N–H and O–H groups in total. The molecule has 5 fully saturated rings. The van der Waals surface area contributed by atoms with E-state index < -0.39 is 202 Å². The van der Waals surface area contributed by atoms with Gasteiger partial charge in [0.1, 0.15) is 59.3 Å². The van der Waals surface area contributed by atoms with Gasteiger partial charge in [-0.2, -0.15) is 0 Å². The first-order valence-electron chi connectivity index (χ1n) is 27.9. The molecule has 2 aromatic rings. The number of esters is 1. The number of nitro groups is 1. The van der Waals surface area contributed by atoms with Crippen molar-refractivity contribution in [3.05, 3.63) is 61.2 Å². The van der Waals surface area contributed by atoms with Gasteiger partial charge >= 0.3 is 5.97 Å². The third kappa shape index (κ3) is 10.3. The largest absolute Gasteiger partial charge is 0.507 e. The molecule has 6 heterocycles. The molecule has 0 saturated carbocycles. The molecule has 5 saturated heterocycles. The minimum Gasteiger partial charge on any atom is -0.507 e. The Morgan fingerprint density at radius 2 is 1.30 bits per heavy atom. The molecule has 2 bridgehead atoms. The molecular formula is C56H76N2O25. The molecule has 0 aromatic heterocycles. The van der Waals surface area contributed by atoms with Crippen LogP contribution in [0.5, 0.6) is 17.2 Å². The van der Waals surface area contributed by atoms with Gasteiger partial charge in [-0.05, 0) is 73.3 Å². The minimum atomic E-state index is -1.95. The lowest BCUT2D eigenvalue weighted by Crippen LogP contribution is -2.70. The number of aliphatic hydroxyl groups excluding tert-OH is 4. The smallest absolute Gasteiger partial charge is 0.316 e. The molecule has 0 spiro atoms. The number of likely N-dealkylation sites (N-methyl/N-ethyl adjacent to an activating group) is 1. The van der Waals surface area contributed by atoms with Gasteiger partial charge in [-0.25, -0.2) is 0 Å². The number of hydrogen-bond acceptors (Lipinski definition) is 26. The van der Waals surface area contributed by atoms with Crippen LogP contribution < -0.4 is 4.74 Å². The van der Waals surface area contributed by atoms with E-state index in [1.807, 2.05) is 0 Å². The van der Waals surface area contributed by atoms with Crippen molar-refractivity contribution in [3.8, 4) is 17.2 Å². The van der Waals surface area contributed by atoms with Gasteiger partial charge in [0, 0.05) is 68.4 Å². The standard InChI is InChI=1S/C56H76N2O25/c1-20-42(61)29(71-10)16-33(74-20)78-31-18-55(6,68)40(52(67)73-12)24-13-25-37(45(64)36(24)31)46(65)38-27(59)14-26-49(39(38)44(25)63)82-53-47(66)41(57(8)9)51(56(26,7)83-53)81-32-15-28(60)48(22(3)76-32)79-35-19-54(5,58(69)70)50(23(4)77-35)80-34-17-30(72-11)43(62)21(2)75-34/h13-14,20-23,28-35,40-43,47-48,50-51,53,59-62,64,66,68H,15-19H2,1-12H3/t20-,21-,22-,23-,28-,29-,30-,31-,32-,33-,34-,35+,40-,41-,42+,43+,47-,48+,50-,51-,53+,54+,55-,56+/m0/s1. The second kappa shape index (κ2) is 22.6. The minimum absolute atomic E-state index is 0.00321. The monoisotopic (exact) mass is 1180 g/mol. The van der Waals surface area contributed by atoms with Gasteiger partial charge in [-0.3, -0.25) is 24.5 Å². The maximum Gasteiger partial charge on any atom is 0.316 e. The van der Waals surface area contributed by atoms with Gasteiger partial charge in [-0.1, -0.05) is 0 Å². The number of phenolic OH excluding ortho intramolecular Hbond substituents is 2. The van der Waals surface area contributed by atoms with E-state index in [2.05, 4.69) is 0 Å². The van der Waals surface area contributed by atoms with Crippen molar-refractivity contribution >= 4 is 17.5 Å². The summed E-state index contributed by atoms with van der Waals surface area (Å²) in [6, 6.07) is 1.38. The fraction of sp³-hybridized carbons (Fsp3) is 0.732. The van der Waals surface area contributed by atoms with Crippen LogP contribution in [0, 0.1) is 10.1 Å². The van der Waals surface area contributed by atoms with E-state index in [4.69, 9.17) is 61.6 Å². The number of carbonyl (C=O) groups excluding carboxylic acids is 3. The summed E-state index contributed by atoms with van der Waals surface area (Å²) in [5.41, 5.74) is -7.75. The van der Waals surface area contributed by atoms with E-state index in [-0.39, 0.29) is 54.5 Å². The van der Waals surface area contributed by atoms with Crippen molar-refractivity contribution < 1.29 is 117 Å². The van der Waals surface area contributed by atoms with Gasteiger partial charge in [0.25, 0.3) is 5.54 Å². The van der Waals surface area contributed by atoms with Gasteiger partial charge in [0.2, 0.25) is 12.1 Å². The van der Waals surface area contributed by atoms with E-state index in [0.717, 1.165) is 7.11 Å². The highest BCUT2D eigenvalue weighted by atomic mass is 16.8. The van der Waals surface area contributed by atoms with Crippen LogP contribution >= 0.6 is 0 Å². The molecule has 460 valence electrons. The Kier molecular flexibility index (Phi) is 16.7. The fourth-order valence-electron chi connectivity index (χ4n) is 13.8. The van der Waals surface area contributed by atoms with Crippen LogP contribution in [-0.4, -0.2) is 227 Å². The van der Waals surface area contributed by atoms with Gasteiger partial charge < -0.3 is 102 Å². The lowest BCUT2D eigenvalue weighted by atomic mass is 9.68. The number of methoxy groups -OCH3 is 3. The van der Waals surface area contributed by atoms with Gasteiger partial charge in [-0.15, -0.1) is 0 Å². The van der Waals surface area contributed by atoms with Gasteiger partial charge in [0.15, 0.2) is 37.0 Å². The highest BCUT2D eigenvalue weighted by Crippen LogP contribution is 2.57. The number of ketones is 2. The van der Waals surface area contributed by atoms with Crippen LogP contribution in [0.3, 0.4) is 0 Å². The Morgan fingerprint density at radius 3 is 1.88 bits per heavy atom. The number of benzene rings is 2. The van der Waals surface area contributed by atoms with Crippen molar-refractivity contribution in [2.45, 2.75) is 226 Å². The average Bonchev–Trinajstić information content (AvgIpc) is 1.98. The highest BCUT2D eigenvalue weighted by Gasteiger charge is 2.63. The van der Waals surface area contributed by atoms with E-state index in [1.54, 1.807) is 53.6 Å². The van der Waals surface area contributed by atoms with Crippen LogP contribution in [0.25, 0.3) is 0 Å². The Hall–Kier alpha value is -4.63. The lowest BCUT2D eigenvalue weighted by Gasteiger charge is -2.56. The summed E-state index contributed by atoms with van der Waals surface area (Å²) >= 11 is 0. The number of aliphatic hydroxyl groups is 5.